The highest BCUT2D eigenvalue weighted by atomic mass is 35.5. The van der Waals surface area contributed by atoms with Gasteiger partial charge in [0.05, 0.1) is 0 Å². The summed E-state index contributed by atoms with van der Waals surface area (Å²) < 4.78 is 0. The number of aryl methyl sites for hydroxylation is 2. The maximum absolute atomic E-state index is 12.7. The summed E-state index contributed by atoms with van der Waals surface area (Å²) in [6.45, 7) is 7.42. The van der Waals surface area contributed by atoms with Crippen LogP contribution < -0.4 is 10.2 Å². The zero-order chi connectivity index (χ0) is 23.2. The minimum absolute atomic E-state index is 0.0204. The molecule has 1 fully saturated rings. The number of aromatic nitrogens is 2. The van der Waals surface area contributed by atoms with Gasteiger partial charge in [-0.1, -0.05) is 61.0 Å². The molecule has 1 aromatic heterocycles. The average Bonchev–Trinajstić information content (AvgIpc) is 2.85. The van der Waals surface area contributed by atoms with Crippen molar-refractivity contribution in [1.29, 1.82) is 0 Å². The summed E-state index contributed by atoms with van der Waals surface area (Å²) >= 11 is 6.07. The van der Waals surface area contributed by atoms with Crippen molar-refractivity contribution < 1.29 is 4.79 Å². The van der Waals surface area contributed by atoms with Gasteiger partial charge < -0.3 is 15.1 Å². The molecule has 7 heteroatoms. The van der Waals surface area contributed by atoms with E-state index in [2.05, 4.69) is 29.3 Å². The topological polar surface area (TPSA) is 61.4 Å². The SMILES string of the molecule is CCc1nc(C)nc(N2CCN(C(=O)NCc3ccccc3)CC2)c1Cc1ccc(Cl)cc1. The molecule has 33 heavy (non-hydrogen) atoms. The molecule has 1 saturated heterocycles. The van der Waals surface area contributed by atoms with Crippen LogP contribution in [-0.4, -0.2) is 47.1 Å². The summed E-state index contributed by atoms with van der Waals surface area (Å²) in [6.07, 6.45) is 1.61. The molecule has 1 aliphatic heterocycles. The number of anilines is 1. The fourth-order valence-corrected chi connectivity index (χ4v) is 4.31. The van der Waals surface area contributed by atoms with Gasteiger partial charge in [-0.3, -0.25) is 0 Å². The quantitative estimate of drug-likeness (QED) is 0.579. The number of urea groups is 1. The van der Waals surface area contributed by atoms with Crippen molar-refractivity contribution in [1.82, 2.24) is 20.2 Å². The van der Waals surface area contributed by atoms with Crippen LogP contribution in [0.5, 0.6) is 0 Å². The summed E-state index contributed by atoms with van der Waals surface area (Å²) in [7, 11) is 0. The molecule has 2 aromatic carbocycles. The van der Waals surface area contributed by atoms with E-state index >= 15 is 0 Å². The van der Waals surface area contributed by atoms with E-state index in [0.29, 0.717) is 19.6 Å². The molecule has 0 radical (unpaired) electrons. The van der Waals surface area contributed by atoms with E-state index in [1.165, 1.54) is 5.56 Å². The second-order valence-corrected chi connectivity index (χ2v) is 8.73. The number of nitrogens with one attached hydrogen (secondary N) is 1. The third kappa shape index (κ3) is 5.82. The molecule has 0 atom stereocenters. The van der Waals surface area contributed by atoms with E-state index in [9.17, 15) is 4.79 Å². The monoisotopic (exact) mass is 463 g/mol. The summed E-state index contributed by atoms with van der Waals surface area (Å²) in [4.78, 5) is 26.4. The lowest BCUT2D eigenvalue weighted by atomic mass is 10.0. The van der Waals surface area contributed by atoms with Gasteiger partial charge in [0.2, 0.25) is 0 Å². The summed E-state index contributed by atoms with van der Waals surface area (Å²) in [6, 6.07) is 17.9. The first-order valence-electron chi connectivity index (χ1n) is 11.5. The van der Waals surface area contributed by atoms with Crippen LogP contribution in [0.3, 0.4) is 0 Å². The van der Waals surface area contributed by atoms with Gasteiger partial charge in [-0.2, -0.15) is 0 Å². The standard InChI is InChI=1S/C26H30ClN5O/c1-3-24-23(17-20-9-11-22(27)12-10-20)25(30-19(2)29-24)31-13-15-32(16-14-31)26(33)28-18-21-7-5-4-6-8-21/h4-12H,3,13-18H2,1-2H3,(H,28,33). The van der Waals surface area contributed by atoms with E-state index in [1.54, 1.807) is 0 Å². The fraction of sp³-hybridized carbons (Fsp3) is 0.346. The van der Waals surface area contributed by atoms with Crippen LogP contribution in [-0.2, 0) is 19.4 Å². The van der Waals surface area contributed by atoms with Gasteiger partial charge in [-0.15, -0.1) is 0 Å². The zero-order valence-corrected chi connectivity index (χ0v) is 20.0. The Labute approximate surface area is 200 Å². The first kappa shape index (κ1) is 23.1. The maximum Gasteiger partial charge on any atom is 0.317 e. The van der Waals surface area contributed by atoms with Crippen LogP contribution in [0.2, 0.25) is 5.02 Å². The molecule has 0 unspecified atom stereocenters. The van der Waals surface area contributed by atoms with Crippen molar-refractivity contribution in [3.8, 4) is 0 Å². The molecule has 1 aliphatic rings. The highest BCUT2D eigenvalue weighted by Gasteiger charge is 2.25. The van der Waals surface area contributed by atoms with Gasteiger partial charge in [0.1, 0.15) is 11.6 Å². The first-order chi connectivity index (χ1) is 16.0. The Morgan fingerprint density at radius 1 is 0.970 bits per heavy atom. The van der Waals surface area contributed by atoms with E-state index in [0.717, 1.165) is 59.4 Å². The number of halogens is 1. The molecular weight excluding hydrogens is 434 g/mol. The number of carbonyl (C=O) groups excluding carboxylic acids is 1. The predicted molar refractivity (Wildman–Crippen MR) is 133 cm³/mol. The molecular formula is C26H30ClN5O. The van der Waals surface area contributed by atoms with Gasteiger partial charge in [0.25, 0.3) is 0 Å². The normalized spacial score (nSPS) is 13.8. The molecule has 172 valence electrons. The first-order valence-corrected chi connectivity index (χ1v) is 11.8. The Morgan fingerprint density at radius 3 is 2.33 bits per heavy atom. The van der Waals surface area contributed by atoms with Crippen LogP contribution >= 0.6 is 11.6 Å². The average molecular weight is 464 g/mol. The number of amides is 2. The van der Waals surface area contributed by atoms with Gasteiger partial charge in [0, 0.05) is 55.4 Å². The molecule has 1 N–H and O–H groups in total. The van der Waals surface area contributed by atoms with Crippen molar-refractivity contribution in [3.05, 3.63) is 87.8 Å². The summed E-state index contributed by atoms with van der Waals surface area (Å²) in [5.41, 5.74) is 4.52. The molecule has 0 spiro atoms. The van der Waals surface area contributed by atoms with Crippen LogP contribution in [0.4, 0.5) is 10.6 Å². The lowest BCUT2D eigenvalue weighted by Gasteiger charge is -2.36. The van der Waals surface area contributed by atoms with Crippen molar-refractivity contribution in [3.63, 3.8) is 0 Å². The molecule has 2 heterocycles. The highest BCUT2D eigenvalue weighted by Crippen LogP contribution is 2.26. The number of hydrogen-bond donors (Lipinski definition) is 1. The number of rotatable bonds is 6. The number of carbonyl (C=O) groups is 1. The molecule has 2 amide bonds. The van der Waals surface area contributed by atoms with Gasteiger partial charge in [-0.25, -0.2) is 14.8 Å². The minimum atomic E-state index is -0.0204. The lowest BCUT2D eigenvalue weighted by Crippen LogP contribution is -2.52. The van der Waals surface area contributed by atoms with Crippen molar-refractivity contribution >= 4 is 23.4 Å². The van der Waals surface area contributed by atoms with Crippen LogP contribution in [0.1, 0.15) is 35.1 Å². The van der Waals surface area contributed by atoms with Crippen LogP contribution in [0.15, 0.2) is 54.6 Å². The molecule has 6 nitrogen and oxygen atoms in total. The van der Waals surface area contributed by atoms with E-state index in [4.69, 9.17) is 21.6 Å². The van der Waals surface area contributed by atoms with Crippen molar-refractivity contribution in [2.24, 2.45) is 0 Å². The third-order valence-electron chi connectivity index (χ3n) is 5.96. The largest absolute Gasteiger partial charge is 0.353 e. The summed E-state index contributed by atoms with van der Waals surface area (Å²) in [5, 5.41) is 3.76. The molecule has 0 bridgehead atoms. The number of hydrogen-bond acceptors (Lipinski definition) is 4. The van der Waals surface area contributed by atoms with Crippen LogP contribution in [0.25, 0.3) is 0 Å². The molecule has 0 aliphatic carbocycles. The molecule has 0 saturated carbocycles. The Balaban J connectivity index is 1.45. The zero-order valence-electron chi connectivity index (χ0n) is 19.2. The van der Waals surface area contributed by atoms with Gasteiger partial charge >= 0.3 is 6.03 Å². The minimum Gasteiger partial charge on any atom is -0.353 e. The summed E-state index contributed by atoms with van der Waals surface area (Å²) in [5.74, 6) is 1.77. The molecule has 3 aromatic rings. The number of benzene rings is 2. The van der Waals surface area contributed by atoms with Gasteiger partial charge in [0.15, 0.2) is 0 Å². The number of nitrogens with zero attached hydrogens (tertiary/aromatic N) is 4. The highest BCUT2D eigenvalue weighted by molar-refractivity contribution is 6.30. The maximum atomic E-state index is 12.7. The lowest BCUT2D eigenvalue weighted by molar-refractivity contribution is 0.193. The Hall–Kier alpha value is -3.12. The van der Waals surface area contributed by atoms with E-state index in [1.807, 2.05) is 54.3 Å². The number of piperazine rings is 1. The van der Waals surface area contributed by atoms with Crippen molar-refractivity contribution in [2.45, 2.75) is 33.2 Å². The Kier molecular flexibility index (Phi) is 7.45. The molecule has 4 rings (SSSR count). The van der Waals surface area contributed by atoms with E-state index < -0.39 is 0 Å². The fourth-order valence-electron chi connectivity index (χ4n) is 4.19. The van der Waals surface area contributed by atoms with Crippen LogP contribution in [0, 0.1) is 6.92 Å². The van der Waals surface area contributed by atoms with Gasteiger partial charge in [-0.05, 0) is 36.6 Å². The second kappa shape index (κ2) is 10.7. The van der Waals surface area contributed by atoms with Crippen molar-refractivity contribution in [2.75, 3.05) is 31.1 Å². The smallest absolute Gasteiger partial charge is 0.317 e. The Morgan fingerprint density at radius 2 is 1.67 bits per heavy atom. The third-order valence-corrected chi connectivity index (χ3v) is 6.22. The predicted octanol–water partition coefficient (Wildman–Crippen LogP) is 4.62. The Bertz CT molecular complexity index is 1080. The second-order valence-electron chi connectivity index (χ2n) is 8.29. The van der Waals surface area contributed by atoms with E-state index in [-0.39, 0.29) is 6.03 Å².